The van der Waals surface area contributed by atoms with Crippen molar-refractivity contribution in [2.75, 3.05) is 5.75 Å². The second-order valence-corrected chi connectivity index (χ2v) is 5.86. The van der Waals surface area contributed by atoms with Gasteiger partial charge in [0, 0.05) is 16.4 Å². The van der Waals surface area contributed by atoms with Crippen LogP contribution in [-0.2, 0) is 13.2 Å². The highest BCUT2D eigenvalue weighted by atomic mass is 79.9. The van der Waals surface area contributed by atoms with E-state index in [0.717, 1.165) is 19.7 Å². The van der Waals surface area contributed by atoms with Gasteiger partial charge in [-0.25, -0.2) is 4.98 Å². The van der Waals surface area contributed by atoms with E-state index in [1.807, 2.05) is 6.92 Å². The Bertz CT molecular complexity index is 592. The predicted molar refractivity (Wildman–Crippen MR) is 69.8 cm³/mol. The van der Waals surface area contributed by atoms with Crippen molar-refractivity contribution >= 4 is 38.7 Å². The first-order valence-corrected chi connectivity index (χ1v) is 6.98. The number of hydrogen-bond donors (Lipinski definition) is 0. The van der Waals surface area contributed by atoms with Crippen LogP contribution in [0.4, 0.5) is 13.2 Å². The molecule has 0 saturated heterocycles. The van der Waals surface area contributed by atoms with Gasteiger partial charge in [-0.15, -0.1) is 11.8 Å². The number of nitrogens with zero attached hydrogens (tertiary/aromatic N) is 2. The zero-order chi connectivity index (χ0) is 13.5. The molecular formula is C11H10BrF3N2S. The quantitative estimate of drug-likeness (QED) is 0.752. The lowest BCUT2D eigenvalue weighted by atomic mass is 10.3. The van der Waals surface area contributed by atoms with E-state index in [0.29, 0.717) is 11.0 Å². The van der Waals surface area contributed by atoms with Crippen LogP contribution in [0, 0.1) is 0 Å². The van der Waals surface area contributed by atoms with Gasteiger partial charge in [0.1, 0.15) is 0 Å². The molecule has 18 heavy (non-hydrogen) atoms. The fourth-order valence-electron chi connectivity index (χ4n) is 1.71. The monoisotopic (exact) mass is 338 g/mol. The third-order valence-corrected chi connectivity index (χ3v) is 4.34. The maximum atomic E-state index is 12.7. The van der Waals surface area contributed by atoms with Gasteiger partial charge in [-0.1, -0.05) is 6.92 Å². The Kier molecular flexibility index (Phi) is 3.64. The minimum absolute atomic E-state index is 0.345. The predicted octanol–water partition coefficient (Wildman–Crippen LogP) is 4.47. The maximum Gasteiger partial charge on any atom is 0.449 e. The molecule has 7 heteroatoms. The summed E-state index contributed by atoms with van der Waals surface area (Å²) in [5.74, 6) is -0.0169. The normalized spacial score (nSPS) is 12.3. The van der Waals surface area contributed by atoms with Gasteiger partial charge >= 0.3 is 6.18 Å². The van der Waals surface area contributed by atoms with Crippen LogP contribution in [0.1, 0.15) is 12.7 Å². The van der Waals surface area contributed by atoms with Gasteiger partial charge in [0.05, 0.1) is 11.0 Å². The van der Waals surface area contributed by atoms with Gasteiger partial charge in [-0.2, -0.15) is 13.2 Å². The number of rotatable bonds is 2. The van der Waals surface area contributed by atoms with Gasteiger partial charge in [0.25, 0.3) is 0 Å². The molecule has 0 bridgehead atoms. The average molecular weight is 339 g/mol. The molecule has 2 rings (SSSR count). The van der Waals surface area contributed by atoms with Crippen molar-refractivity contribution in [1.29, 1.82) is 0 Å². The molecule has 0 unspecified atom stereocenters. The average Bonchev–Trinajstić information content (AvgIpc) is 2.57. The first-order valence-electron chi connectivity index (χ1n) is 5.20. The second-order valence-electron chi connectivity index (χ2n) is 3.70. The standard InChI is InChI=1S/C11H10BrF3N2S/c1-3-18-9-5-8-7(4-6(9)12)16-10(17(8)2)11(13,14)15/h4-5H,3H2,1-2H3. The van der Waals surface area contributed by atoms with E-state index in [-0.39, 0.29) is 0 Å². The molecule has 0 saturated carbocycles. The number of halogens is 4. The van der Waals surface area contributed by atoms with Gasteiger partial charge in [0.2, 0.25) is 5.82 Å². The molecule has 0 spiro atoms. The molecule has 0 amide bonds. The third kappa shape index (κ3) is 2.38. The Labute approximate surface area is 115 Å². The Morgan fingerprint density at radius 1 is 1.39 bits per heavy atom. The van der Waals surface area contributed by atoms with E-state index in [1.165, 1.54) is 7.05 Å². The Morgan fingerprint density at radius 2 is 2.06 bits per heavy atom. The van der Waals surface area contributed by atoms with E-state index in [2.05, 4.69) is 20.9 Å². The molecule has 1 aromatic heterocycles. The van der Waals surface area contributed by atoms with Gasteiger partial charge in [0.15, 0.2) is 0 Å². The number of benzene rings is 1. The fraction of sp³-hybridized carbons (Fsp3) is 0.364. The van der Waals surface area contributed by atoms with Gasteiger partial charge < -0.3 is 4.57 Å². The molecule has 1 aromatic carbocycles. The Hall–Kier alpha value is -0.690. The Morgan fingerprint density at radius 3 is 2.61 bits per heavy atom. The highest BCUT2D eigenvalue weighted by Gasteiger charge is 2.36. The van der Waals surface area contributed by atoms with Crippen LogP contribution in [-0.4, -0.2) is 15.3 Å². The van der Waals surface area contributed by atoms with Crippen LogP contribution in [0.3, 0.4) is 0 Å². The van der Waals surface area contributed by atoms with Crippen LogP contribution in [0.2, 0.25) is 0 Å². The number of fused-ring (bicyclic) bond motifs is 1. The minimum atomic E-state index is -4.43. The molecule has 98 valence electrons. The van der Waals surface area contributed by atoms with Crippen molar-refractivity contribution in [1.82, 2.24) is 9.55 Å². The van der Waals surface area contributed by atoms with E-state index >= 15 is 0 Å². The summed E-state index contributed by atoms with van der Waals surface area (Å²) in [5, 5.41) is 0. The lowest BCUT2D eigenvalue weighted by Gasteiger charge is -2.06. The molecule has 0 atom stereocenters. The number of thioether (sulfide) groups is 1. The van der Waals surface area contributed by atoms with Crippen molar-refractivity contribution in [3.63, 3.8) is 0 Å². The van der Waals surface area contributed by atoms with Crippen molar-refractivity contribution in [3.8, 4) is 0 Å². The highest BCUT2D eigenvalue weighted by molar-refractivity contribution is 9.10. The molecule has 0 aliphatic carbocycles. The minimum Gasteiger partial charge on any atom is -0.323 e. The fourth-order valence-corrected chi connectivity index (χ4v) is 3.09. The summed E-state index contributed by atoms with van der Waals surface area (Å²) < 4.78 is 40.1. The molecule has 0 aliphatic rings. The van der Waals surface area contributed by atoms with Gasteiger partial charge in [-0.3, -0.25) is 0 Å². The summed E-state index contributed by atoms with van der Waals surface area (Å²) in [6.45, 7) is 1.99. The lowest BCUT2D eigenvalue weighted by Crippen LogP contribution is -2.12. The number of aryl methyl sites for hydroxylation is 1. The largest absolute Gasteiger partial charge is 0.449 e. The summed E-state index contributed by atoms with van der Waals surface area (Å²) in [7, 11) is 1.38. The SMILES string of the molecule is CCSc1cc2c(cc1Br)nc(C(F)(F)F)n2C. The van der Waals surface area contributed by atoms with E-state index in [1.54, 1.807) is 23.9 Å². The number of hydrogen-bond acceptors (Lipinski definition) is 2. The highest BCUT2D eigenvalue weighted by Crippen LogP contribution is 2.35. The number of alkyl halides is 3. The van der Waals surface area contributed by atoms with E-state index in [4.69, 9.17) is 0 Å². The molecule has 0 radical (unpaired) electrons. The van der Waals surface area contributed by atoms with Crippen LogP contribution >= 0.6 is 27.7 Å². The zero-order valence-corrected chi connectivity index (χ0v) is 12.1. The molecule has 1 heterocycles. The van der Waals surface area contributed by atoms with Crippen LogP contribution in [0.5, 0.6) is 0 Å². The third-order valence-electron chi connectivity index (χ3n) is 2.49. The van der Waals surface area contributed by atoms with Crippen LogP contribution in [0.15, 0.2) is 21.5 Å². The van der Waals surface area contributed by atoms with Crippen molar-refractivity contribution in [2.24, 2.45) is 7.05 Å². The van der Waals surface area contributed by atoms with Crippen molar-refractivity contribution < 1.29 is 13.2 Å². The molecular weight excluding hydrogens is 329 g/mol. The molecule has 0 N–H and O–H groups in total. The summed E-state index contributed by atoms with van der Waals surface area (Å²) >= 11 is 4.92. The second kappa shape index (κ2) is 4.77. The van der Waals surface area contributed by atoms with E-state index in [9.17, 15) is 13.2 Å². The Balaban J connectivity index is 2.66. The molecule has 2 nitrogen and oxygen atoms in total. The molecule has 0 aliphatic heterocycles. The van der Waals surface area contributed by atoms with Crippen LogP contribution in [0.25, 0.3) is 11.0 Å². The summed E-state index contributed by atoms with van der Waals surface area (Å²) in [6.07, 6.45) is -4.43. The van der Waals surface area contributed by atoms with Gasteiger partial charge in [-0.05, 0) is 33.8 Å². The maximum absolute atomic E-state index is 12.7. The zero-order valence-electron chi connectivity index (χ0n) is 9.68. The molecule has 2 aromatic rings. The van der Waals surface area contributed by atoms with Crippen LogP contribution < -0.4 is 0 Å². The summed E-state index contributed by atoms with van der Waals surface area (Å²) in [6, 6.07) is 3.36. The first-order chi connectivity index (χ1) is 8.34. The van der Waals surface area contributed by atoms with Crippen molar-refractivity contribution in [2.45, 2.75) is 18.0 Å². The smallest absolute Gasteiger partial charge is 0.323 e. The van der Waals surface area contributed by atoms with Crippen molar-refractivity contribution in [3.05, 3.63) is 22.4 Å². The number of imidazole rings is 1. The topological polar surface area (TPSA) is 17.8 Å². The number of aromatic nitrogens is 2. The summed E-state index contributed by atoms with van der Waals surface area (Å²) in [4.78, 5) is 4.56. The van der Waals surface area contributed by atoms with E-state index < -0.39 is 12.0 Å². The lowest BCUT2D eigenvalue weighted by molar-refractivity contribution is -0.146. The summed E-state index contributed by atoms with van der Waals surface area (Å²) in [5.41, 5.74) is 0.832. The molecule has 0 fully saturated rings. The first kappa shape index (κ1) is 13.7.